The molecule has 0 saturated carbocycles. The summed E-state index contributed by atoms with van der Waals surface area (Å²) in [6.07, 6.45) is 0.499. The number of nitro groups is 1. The van der Waals surface area contributed by atoms with Gasteiger partial charge in [-0.3, -0.25) is 10.1 Å². The zero-order chi connectivity index (χ0) is 14.3. The van der Waals surface area contributed by atoms with Crippen LogP contribution in [0.5, 0.6) is 0 Å². The molecule has 106 valence electrons. The predicted molar refractivity (Wildman–Crippen MR) is 73.6 cm³/mol. The quantitative estimate of drug-likeness (QED) is 0.413. The summed E-state index contributed by atoms with van der Waals surface area (Å²) in [5.41, 5.74) is 1.64. The Bertz CT molecular complexity index is 437. The minimum atomic E-state index is -0.428. The number of hydrogen-bond acceptors (Lipinski definition) is 6. The standard InChI is InChI=1S/C12H19N3O4/c1-2-9-10(13-5-7-16)3-4-11(14-6-8-17)12(9)15(18)19/h3-4,13-14,16-17H,2,5-8H2,1H3. The first kappa shape index (κ1) is 15.2. The normalized spacial score (nSPS) is 10.3. The molecule has 0 aliphatic heterocycles. The molecule has 0 radical (unpaired) electrons. The zero-order valence-corrected chi connectivity index (χ0v) is 10.8. The van der Waals surface area contributed by atoms with Gasteiger partial charge in [0.2, 0.25) is 0 Å². The summed E-state index contributed by atoms with van der Waals surface area (Å²) < 4.78 is 0. The van der Waals surface area contributed by atoms with Gasteiger partial charge in [0, 0.05) is 18.8 Å². The highest BCUT2D eigenvalue weighted by atomic mass is 16.6. The zero-order valence-electron chi connectivity index (χ0n) is 10.8. The van der Waals surface area contributed by atoms with Crippen molar-refractivity contribution in [2.24, 2.45) is 0 Å². The molecule has 7 nitrogen and oxygen atoms in total. The number of aliphatic hydroxyl groups is 2. The van der Waals surface area contributed by atoms with Gasteiger partial charge in [0.15, 0.2) is 0 Å². The molecule has 19 heavy (non-hydrogen) atoms. The highest BCUT2D eigenvalue weighted by molar-refractivity contribution is 5.73. The smallest absolute Gasteiger partial charge is 0.297 e. The van der Waals surface area contributed by atoms with Gasteiger partial charge >= 0.3 is 0 Å². The van der Waals surface area contributed by atoms with Crippen molar-refractivity contribution < 1.29 is 15.1 Å². The fraction of sp³-hybridized carbons (Fsp3) is 0.500. The molecule has 0 aliphatic carbocycles. The van der Waals surface area contributed by atoms with Gasteiger partial charge in [-0.1, -0.05) is 6.92 Å². The Morgan fingerprint density at radius 2 is 1.68 bits per heavy atom. The van der Waals surface area contributed by atoms with Crippen LogP contribution in [0.2, 0.25) is 0 Å². The lowest BCUT2D eigenvalue weighted by molar-refractivity contribution is -0.384. The average Bonchev–Trinajstić information content (AvgIpc) is 2.41. The van der Waals surface area contributed by atoms with E-state index < -0.39 is 4.92 Å². The van der Waals surface area contributed by atoms with Crippen LogP contribution in [0.1, 0.15) is 12.5 Å². The summed E-state index contributed by atoms with van der Waals surface area (Å²) in [6, 6.07) is 3.34. The van der Waals surface area contributed by atoms with Crippen molar-refractivity contribution in [3.63, 3.8) is 0 Å². The molecule has 0 fully saturated rings. The van der Waals surface area contributed by atoms with Crippen LogP contribution in [0.15, 0.2) is 12.1 Å². The van der Waals surface area contributed by atoms with Crippen molar-refractivity contribution in [2.45, 2.75) is 13.3 Å². The summed E-state index contributed by atoms with van der Waals surface area (Å²) in [5.74, 6) is 0. The van der Waals surface area contributed by atoms with E-state index in [1.54, 1.807) is 12.1 Å². The van der Waals surface area contributed by atoms with Gasteiger partial charge in [-0.2, -0.15) is 0 Å². The monoisotopic (exact) mass is 269 g/mol. The number of aliphatic hydroxyl groups excluding tert-OH is 2. The number of nitro benzene ring substituents is 1. The van der Waals surface area contributed by atoms with Crippen molar-refractivity contribution in [3.05, 3.63) is 27.8 Å². The van der Waals surface area contributed by atoms with E-state index in [1.807, 2.05) is 6.92 Å². The fourth-order valence-corrected chi connectivity index (χ4v) is 1.89. The van der Waals surface area contributed by atoms with Gasteiger partial charge in [0.05, 0.1) is 23.7 Å². The first-order valence-corrected chi connectivity index (χ1v) is 6.15. The topological polar surface area (TPSA) is 108 Å². The van der Waals surface area contributed by atoms with Crippen LogP contribution in [-0.4, -0.2) is 41.4 Å². The van der Waals surface area contributed by atoms with Gasteiger partial charge in [-0.05, 0) is 18.6 Å². The summed E-state index contributed by atoms with van der Waals surface area (Å²) in [6.45, 7) is 2.30. The van der Waals surface area contributed by atoms with E-state index in [4.69, 9.17) is 10.2 Å². The minimum Gasteiger partial charge on any atom is -0.395 e. The largest absolute Gasteiger partial charge is 0.395 e. The summed E-state index contributed by atoms with van der Waals surface area (Å²) in [5, 5.41) is 34.6. The minimum absolute atomic E-state index is 0.0129. The average molecular weight is 269 g/mol. The fourth-order valence-electron chi connectivity index (χ4n) is 1.89. The number of nitrogens with zero attached hydrogens (tertiary/aromatic N) is 1. The molecular formula is C12H19N3O4. The lowest BCUT2D eigenvalue weighted by Gasteiger charge is -2.14. The highest BCUT2D eigenvalue weighted by Gasteiger charge is 2.21. The lowest BCUT2D eigenvalue weighted by Crippen LogP contribution is -2.12. The second kappa shape index (κ2) is 7.55. The Kier molecular flexibility index (Phi) is 6.04. The van der Waals surface area contributed by atoms with Gasteiger partial charge in [0.1, 0.15) is 5.69 Å². The number of anilines is 2. The van der Waals surface area contributed by atoms with Crippen LogP contribution in [0.25, 0.3) is 0 Å². The van der Waals surface area contributed by atoms with Crippen molar-refractivity contribution in [1.82, 2.24) is 0 Å². The van der Waals surface area contributed by atoms with Crippen LogP contribution < -0.4 is 10.6 Å². The predicted octanol–water partition coefficient (Wildman–Crippen LogP) is 0.966. The van der Waals surface area contributed by atoms with Crippen LogP contribution in [0.4, 0.5) is 17.1 Å². The van der Waals surface area contributed by atoms with Gasteiger partial charge in [0.25, 0.3) is 5.69 Å². The van der Waals surface area contributed by atoms with E-state index in [0.717, 1.165) is 0 Å². The van der Waals surface area contributed by atoms with E-state index in [9.17, 15) is 10.1 Å². The molecular weight excluding hydrogens is 250 g/mol. The third kappa shape index (κ3) is 3.80. The molecule has 1 aromatic carbocycles. The second-order valence-corrected chi connectivity index (χ2v) is 3.90. The molecule has 0 bridgehead atoms. The van der Waals surface area contributed by atoms with Crippen molar-refractivity contribution in [1.29, 1.82) is 0 Å². The van der Waals surface area contributed by atoms with E-state index in [-0.39, 0.29) is 25.4 Å². The number of rotatable bonds is 8. The maximum Gasteiger partial charge on any atom is 0.297 e. The summed E-state index contributed by atoms with van der Waals surface area (Å²) >= 11 is 0. The van der Waals surface area contributed by atoms with Crippen molar-refractivity contribution in [2.75, 3.05) is 36.9 Å². The maximum atomic E-state index is 11.2. The number of nitrogens with one attached hydrogen (secondary N) is 2. The molecule has 1 aromatic rings. The van der Waals surface area contributed by atoms with Crippen LogP contribution in [-0.2, 0) is 6.42 Å². The van der Waals surface area contributed by atoms with Gasteiger partial charge < -0.3 is 20.8 Å². The number of benzene rings is 1. The molecule has 0 amide bonds. The van der Waals surface area contributed by atoms with Crippen LogP contribution >= 0.6 is 0 Å². The van der Waals surface area contributed by atoms with Crippen molar-refractivity contribution in [3.8, 4) is 0 Å². The Morgan fingerprint density at radius 1 is 1.16 bits per heavy atom. The summed E-state index contributed by atoms with van der Waals surface area (Å²) in [7, 11) is 0. The van der Waals surface area contributed by atoms with E-state index in [1.165, 1.54) is 0 Å². The third-order valence-corrected chi connectivity index (χ3v) is 2.67. The molecule has 0 aromatic heterocycles. The van der Waals surface area contributed by atoms with E-state index in [0.29, 0.717) is 29.9 Å². The SMILES string of the molecule is CCc1c(NCCO)ccc(NCCO)c1[N+](=O)[O-]. The Hall–Kier alpha value is -1.86. The molecule has 1 rings (SSSR count). The third-order valence-electron chi connectivity index (χ3n) is 2.67. The summed E-state index contributed by atoms with van der Waals surface area (Å²) in [4.78, 5) is 10.8. The molecule has 0 unspecified atom stereocenters. The van der Waals surface area contributed by atoms with E-state index >= 15 is 0 Å². The highest BCUT2D eigenvalue weighted by Crippen LogP contribution is 2.34. The molecule has 0 atom stereocenters. The van der Waals surface area contributed by atoms with Crippen LogP contribution in [0, 0.1) is 10.1 Å². The van der Waals surface area contributed by atoms with Crippen molar-refractivity contribution >= 4 is 17.1 Å². The second-order valence-electron chi connectivity index (χ2n) is 3.90. The van der Waals surface area contributed by atoms with E-state index in [2.05, 4.69) is 10.6 Å². The Morgan fingerprint density at radius 3 is 2.16 bits per heavy atom. The lowest BCUT2D eigenvalue weighted by atomic mass is 10.1. The Balaban J connectivity index is 3.18. The molecule has 0 saturated heterocycles. The van der Waals surface area contributed by atoms with Gasteiger partial charge in [-0.25, -0.2) is 0 Å². The van der Waals surface area contributed by atoms with Gasteiger partial charge in [-0.15, -0.1) is 0 Å². The molecule has 0 aliphatic rings. The maximum absolute atomic E-state index is 11.2. The Labute approximate surface area is 111 Å². The molecule has 0 spiro atoms. The molecule has 7 heteroatoms. The number of hydrogen-bond donors (Lipinski definition) is 4. The first-order chi connectivity index (χ1) is 9.15. The molecule has 0 heterocycles. The van der Waals surface area contributed by atoms with Crippen LogP contribution in [0.3, 0.4) is 0 Å². The molecule has 4 N–H and O–H groups in total. The first-order valence-electron chi connectivity index (χ1n) is 6.15.